The van der Waals surface area contributed by atoms with Gasteiger partial charge in [0.1, 0.15) is 12.4 Å². The van der Waals surface area contributed by atoms with Crippen molar-refractivity contribution in [3.8, 4) is 0 Å². The van der Waals surface area contributed by atoms with Gasteiger partial charge in [-0.3, -0.25) is 14.4 Å². The Morgan fingerprint density at radius 2 is 1.58 bits per heavy atom. The van der Waals surface area contributed by atoms with E-state index in [4.69, 9.17) is 4.74 Å². The van der Waals surface area contributed by atoms with Crippen LogP contribution in [0.3, 0.4) is 0 Å². The van der Waals surface area contributed by atoms with Crippen molar-refractivity contribution in [1.29, 1.82) is 0 Å². The zero-order valence-corrected chi connectivity index (χ0v) is 25.5. The van der Waals surface area contributed by atoms with Crippen LogP contribution in [-0.4, -0.2) is 58.3 Å². The number of nitrogens with one attached hydrogen (secondary N) is 1. The zero-order valence-electron chi connectivity index (χ0n) is 25.5. The summed E-state index contributed by atoms with van der Waals surface area (Å²) in [5.74, 6) is -2.58. The third-order valence-electron chi connectivity index (χ3n) is 7.91. The van der Waals surface area contributed by atoms with Gasteiger partial charge in [0.15, 0.2) is 5.41 Å². The molecule has 0 fully saturated rings. The molecule has 0 aromatic heterocycles. The van der Waals surface area contributed by atoms with E-state index >= 15 is 0 Å². The van der Waals surface area contributed by atoms with Crippen molar-refractivity contribution in [1.82, 2.24) is 4.90 Å². The molecule has 0 bridgehead atoms. The number of hydrogen-bond donors (Lipinski definition) is 3. The van der Waals surface area contributed by atoms with Crippen LogP contribution >= 0.6 is 0 Å². The van der Waals surface area contributed by atoms with Gasteiger partial charge in [-0.05, 0) is 66.3 Å². The molecule has 3 N–H and O–H groups in total. The van der Waals surface area contributed by atoms with Crippen LogP contribution in [0.4, 0.5) is 10.1 Å². The van der Waals surface area contributed by atoms with Crippen LogP contribution in [0.25, 0.3) is 11.3 Å². The van der Waals surface area contributed by atoms with Crippen molar-refractivity contribution >= 4 is 34.7 Å². The van der Waals surface area contributed by atoms with E-state index in [9.17, 15) is 29.0 Å². The second-order valence-electron chi connectivity index (χ2n) is 11.3. The van der Waals surface area contributed by atoms with E-state index < -0.39 is 47.1 Å². The number of aliphatic hydroxyl groups excluding tert-OH is 2. The minimum Gasteiger partial charge on any atom is -0.461 e. The number of aliphatic hydroxyl groups is 2. The van der Waals surface area contributed by atoms with E-state index in [1.165, 1.54) is 23.1 Å². The standard InChI is InChI=1S/C36H39FN2O6/c1-4-21-45-31(42)23-30(41)22-29(40)19-20-39-33(26-15-17-27(37)18-16-26)32(25-11-7-5-8-12-25)36(24(2)3,35(39)44)34(43)38-28-13-9-6-10-14-28/h4-18,24,29-30,40-41H,1,19-23H2,2-3H3,(H,38,43)/t29-,30-,36+/m1/s1. The first-order valence-corrected chi connectivity index (χ1v) is 15.0. The largest absolute Gasteiger partial charge is 0.461 e. The van der Waals surface area contributed by atoms with Gasteiger partial charge in [-0.15, -0.1) is 0 Å². The number of halogens is 1. The topological polar surface area (TPSA) is 116 Å². The molecule has 3 aromatic rings. The minimum absolute atomic E-state index is 0.0102. The fraction of sp³-hybridized carbons (Fsp3) is 0.306. The lowest BCUT2D eigenvalue weighted by Gasteiger charge is -2.34. The van der Waals surface area contributed by atoms with Gasteiger partial charge in [0, 0.05) is 17.8 Å². The van der Waals surface area contributed by atoms with Crippen LogP contribution in [0.5, 0.6) is 0 Å². The first kappa shape index (κ1) is 33.3. The molecule has 8 nitrogen and oxygen atoms in total. The van der Waals surface area contributed by atoms with Crippen molar-refractivity contribution < 1.29 is 33.7 Å². The van der Waals surface area contributed by atoms with Crippen molar-refractivity contribution in [3.63, 3.8) is 0 Å². The molecule has 1 aliphatic rings. The van der Waals surface area contributed by atoms with Gasteiger partial charge in [-0.2, -0.15) is 0 Å². The fourth-order valence-corrected chi connectivity index (χ4v) is 5.79. The lowest BCUT2D eigenvalue weighted by molar-refractivity contribution is -0.145. The molecular weight excluding hydrogens is 575 g/mol. The first-order chi connectivity index (χ1) is 21.6. The number of ether oxygens (including phenoxy) is 1. The molecule has 2 amide bonds. The summed E-state index contributed by atoms with van der Waals surface area (Å²) in [6.07, 6.45) is -1.23. The van der Waals surface area contributed by atoms with E-state index in [-0.39, 0.29) is 32.4 Å². The molecule has 4 rings (SSSR count). The molecule has 1 heterocycles. The Morgan fingerprint density at radius 3 is 2.18 bits per heavy atom. The van der Waals surface area contributed by atoms with Crippen molar-refractivity contribution in [3.05, 3.63) is 115 Å². The Labute approximate surface area is 262 Å². The van der Waals surface area contributed by atoms with E-state index in [0.29, 0.717) is 28.1 Å². The van der Waals surface area contributed by atoms with Gasteiger partial charge in [0.25, 0.3) is 0 Å². The number of esters is 1. The number of para-hydroxylation sites is 1. The lowest BCUT2D eigenvalue weighted by atomic mass is 9.68. The number of carbonyl (C=O) groups is 3. The minimum atomic E-state index is -1.68. The number of carbonyl (C=O) groups excluding carboxylic acids is 3. The maximum Gasteiger partial charge on any atom is 0.308 e. The summed E-state index contributed by atoms with van der Waals surface area (Å²) < 4.78 is 19.0. The Bertz CT molecular complexity index is 1520. The summed E-state index contributed by atoms with van der Waals surface area (Å²) in [4.78, 5) is 42.6. The van der Waals surface area contributed by atoms with Crippen molar-refractivity contribution in [2.75, 3.05) is 18.5 Å². The molecule has 3 aromatic carbocycles. The highest BCUT2D eigenvalue weighted by Gasteiger charge is 2.60. The van der Waals surface area contributed by atoms with E-state index in [1.54, 1.807) is 36.4 Å². The molecule has 0 unspecified atom stereocenters. The molecule has 45 heavy (non-hydrogen) atoms. The maximum absolute atomic E-state index is 14.8. The fourth-order valence-electron chi connectivity index (χ4n) is 5.79. The SMILES string of the molecule is C=CCOC(=O)C[C@H](O)C[C@H](O)CCN1C(=O)[C@@](C(=O)Nc2ccccc2)(C(C)C)C(c2ccccc2)=C1c1ccc(F)cc1. The monoisotopic (exact) mass is 614 g/mol. The van der Waals surface area contributed by atoms with Crippen LogP contribution in [0.1, 0.15) is 44.2 Å². The molecule has 0 saturated carbocycles. The van der Waals surface area contributed by atoms with Crippen LogP contribution in [0.2, 0.25) is 0 Å². The summed E-state index contributed by atoms with van der Waals surface area (Å²) in [7, 11) is 0. The summed E-state index contributed by atoms with van der Waals surface area (Å²) in [6.45, 7) is 7.11. The van der Waals surface area contributed by atoms with E-state index in [1.807, 2.05) is 50.2 Å². The van der Waals surface area contributed by atoms with Gasteiger partial charge >= 0.3 is 5.97 Å². The van der Waals surface area contributed by atoms with Gasteiger partial charge in [-0.1, -0.05) is 75.0 Å². The Balaban J connectivity index is 1.77. The van der Waals surface area contributed by atoms with Gasteiger partial charge in [0.2, 0.25) is 11.8 Å². The highest BCUT2D eigenvalue weighted by molar-refractivity contribution is 6.28. The number of amides is 2. The van der Waals surface area contributed by atoms with E-state index in [2.05, 4.69) is 11.9 Å². The summed E-state index contributed by atoms with van der Waals surface area (Å²) in [6, 6.07) is 23.7. The van der Waals surface area contributed by atoms with Crippen LogP contribution in [0, 0.1) is 17.2 Å². The number of rotatable bonds is 14. The van der Waals surface area contributed by atoms with Crippen LogP contribution in [-0.2, 0) is 19.1 Å². The number of anilines is 1. The summed E-state index contributed by atoms with van der Waals surface area (Å²) >= 11 is 0. The van der Waals surface area contributed by atoms with Gasteiger partial charge in [-0.25, -0.2) is 4.39 Å². The normalized spacial score (nSPS) is 17.7. The number of nitrogens with zero attached hydrogens (tertiary/aromatic N) is 1. The predicted molar refractivity (Wildman–Crippen MR) is 171 cm³/mol. The highest BCUT2D eigenvalue weighted by atomic mass is 19.1. The first-order valence-electron chi connectivity index (χ1n) is 15.0. The molecule has 1 aliphatic heterocycles. The summed E-state index contributed by atoms with van der Waals surface area (Å²) in [5.41, 5.74) is 0.934. The molecule has 236 valence electrons. The van der Waals surface area contributed by atoms with Gasteiger partial charge in [0.05, 0.1) is 24.3 Å². The molecular formula is C36H39FN2O6. The van der Waals surface area contributed by atoms with Crippen molar-refractivity contribution in [2.24, 2.45) is 11.3 Å². The second kappa shape index (κ2) is 14.9. The predicted octanol–water partition coefficient (Wildman–Crippen LogP) is 5.44. The Morgan fingerprint density at radius 1 is 0.956 bits per heavy atom. The second-order valence-corrected chi connectivity index (χ2v) is 11.3. The Kier molecular flexibility index (Phi) is 11.0. The Hall–Kier alpha value is -4.60. The molecule has 0 aliphatic carbocycles. The average Bonchev–Trinajstić information content (AvgIpc) is 3.29. The number of hydrogen-bond acceptors (Lipinski definition) is 6. The quantitative estimate of drug-likeness (QED) is 0.127. The van der Waals surface area contributed by atoms with Gasteiger partial charge < -0.3 is 25.2 Å². The molecule has 0 saturated heterocycles. The lowest BCUT2D eigenvalue weighted by Crippen LogP contribution is -2.49. The summed E-state index contributed by atoms with van der Waals surface area (Å²) in [5, 5.41) is 24.2. The van der Waals surface area contributed by atoms with Crippen LogP contribution < -0.4 is 5.32 Å². The van der Waals surface area contributed by atoms with Crippen molar-refractivity contribution in [2.45, 2.75) is 45.3 Å². The zero-order chi connectivity index (χ0) is 32.6. The number of benzene rings is 3. The molecule has 0 radical (unpaired) electrons. The smallest absolute Gasteiger partial charge is 0.308 e. The maximum atomic E-state index is 14.8. The average molecular weight is 615 g/mol. The third kappa shape index (κ3) is 7.38. The highest BCUT2D eigenvalue weighted by Crippen LogP contribution is 2.54. The van der Waals surface area contributed by atoms with E-state index in [0.717, 1.165) is 0 Å². The molecule has 9 heteroatoms. The third-order valence-corrected chi connectivity index (χ3v) is 7.91. The molecule has 3 atom stereocenters. The molecule has 0 spiro atoms. The van der Waals surface area contributed by atoms with Crippen LogP contribution in [0.15, 0.2) is 97.6 Å².